The average Bonchev–Trinajstić information content (AvgIpc) is 2.78. The number of amides is 2. The van der Waals surface area contributed by atoms with E-state index >= 15 is 0 Å². The van der Waals surface area contributed by atoms with Gasteiger partial charge < -0.3 is 14.9 Å². The molecule has 1 atom stereocenters. The summed E-state index contributed by atoms with van der Waals surface area (Å²) in [6.45, 7) is 3.83. The summed E-state index contributed by atoms with van der Waals surface area (Å²) in [6.07, 6.45) is 5.46. The number of carbonyl (C=O) groups excluding carboxylic acids is 1. The number of rotatable bonds is 2. The molecule has 4 heteroatoms. The Kier molecular flexibility index (Phi) is 4.04. The van der Waals surface area contributed by atoms with Gasteiger partial charge in [0.25, 0.3) is 0 Å². The van der Waals surface area contributed by atoms with E-state index in [1.54, 1.807) is 0 Å². The summed E-state index contributed by atoms with van der Waals surface area (Å²) in [5, 5.41) is 8.89. The van der Waals surface area contributed by atoms with Crippen LogP contribution in [0.5, 0.6) is 0 Å². The number of piperidine rings is 1. The van der Waals surface area contributed by atoms with Crippen LogP contribution in [-0.4, -0.2) is 53.7 Å². The number of likely N-dealkylation sites (tertiary alicyclic amines) is 2. The summed E-state index contributed by atoms with van der Waals surface area (Å²) in [6, 6.07) is 0.222. The first-order valence-corrected chi connectivity index (χ1v) is 6.46. The molecule has 0 spiro atoms. The monoisotopic (exact) mass is 226 g/mol. The first-order chi connectivity index (χ1) is 7.81. The molecular formula is C12H22N2O2. The number of nitrogens with zero attached hydrogens (tertiary/aromatic N) is 2. The summed E-state index contributed by atoms with van der Waals surface area (Å²) in [7, 11) is 0. The van der Waals surface area contributed by atoms with Crippen LogP contribution in [-0.2, 0) is 0 Å². The van der Waals surface area contributed by atoms with E-state index < -0.39 is 0 Å². The zero-order valence-electron chi connectivity index (χ0n) is 9.90. The SMILES string of the molecule is O=C(N1CCCCC1)N1CCC(CCO)C1. The highest BCUT2D eigenvalue weighted by Gasteiger charge is 2.29. The lowest BCUT2D eigenvalue weighted by Crippen LogP contribution is -2.44. The summed E-state index contributed by atoms with van der Waals surface area (Å²) in [5.41, 5.74) is 0. The zero-order chi connectivity index (χ0) is 11.4. The number of urea groups is 1. The van der Waals surface area contributed by atoms with E-state index in [9.17, 15) is 4.79 Å². The fourth-order valence-corrected chi connectivity index (χ4v) is 2.71. The van der Waals surface area contributed by atoms with E-state index in [2.05, 4.69) is 0 Å². The van der Waals surface area contributed by atoms with Gasteiger partial charge in [-0.1, -0.05) is 0 Å². The second-order valence-electron chi connectivity index (χ2n) is 4.94. The van der Waals surface area contributed by atoms with Gasteiger partial charge in [-0.2, -0.15) is 0 Å². The molecule has 4 nitrogen and oxygen atoms in total. The predicted octanol–water partition coefficient (Wildman–Crippen LogP) is 1.30. The Labute approximate surface area is 97.2 Å². The van der Waals surface area contributed by atoms with Crippen molar-refractivity contribution in [3.63, 3.8) is 0 Å². The molecule has 2 amide bonds. The normalized spacial score (nSPS) is 26.2. The van der Waals surface area contributed by atoms with Crippen LogP contribution in [0.2, 0.25) is 0 Å². The molecule has 0 aromatic rings. The van der Waals surface area contributed by atoms with Gasteiger partial charge in [0, 0.05) is 32.8 Å². The fourth-order valence-electron chi connectivity index (χ4n) is 2.71. The number of aliphatic hydroxyl groups is 1. The Bertz CT molecular complexity index is 239. The third-order valence-electron chi connectivity index (χ3n) is 3.72. The van der Waals surface area contributed by atoms with Gasteiger partial charge in [-0.05, 0) is 38.0 Å². The van der Waals surface area contributed by atoms with Crippen LogP contribution >= 0.6 is 0 Å². The molecule has 0 aliphatic carbocycles. The molecule has 2 rings (SSSR count). The van der Waals surface area contributed by atoms with Gasteiger partial charge in [-0.3, -0.25) is 0 Å². The first kappa shape index (κ1) is 11.7. The van der Waals surface area contributed by atoms with Crippen LogP contribution in [0.25, 0.3) is 0 Å². The van der Waals surface area contributed by atoms with Crippen molar-refractivity contribution < 1.29 is 9.90 Å². The van der Waals surface area contributed by atoms with Crippen molar-refractivity contribution in [2.75, 3.05) is 32.8 Å². The highest BCUT2D eigenvalue weighted by Crippen LogP contribution is 2.21. The van der Waals surface area contributed by atoms with Crippen molar-refractivity contribution in [1.29, 1.82) is 0 Å². The maximum absolute atomic E-state index is 12.1. The highest BCUT2D eigenvalue weighted by molar-refractivity contribution is 5.74. The summed E-state index contributed by atoms with van der Waals surface area (Å²) in [5.74, 6) is 0.513. The average molecular weight is 226 g/mol. The van der Waals surface area contributed by atoms with Crippen molar-refractivity contribution in [1.82, 2.24) is 9.80 Å². The van der Waals surface area contributed by atoms with Crippen LogP contribution in [0.3, 0.4) is 0 Å². The standard InChI is InChI=1S/C12H22N2O2/c15-9-5-11-4-8-14(10-11)12(16)13-6-2-1-3-7-13/h11,15H,1-10H2. The van der Waals surface area contributed by atoms with Crippen molar-refractivity contribution >= 4 is 6.03 Å². The Morgan fingerprint density at radius 1 is 1.12 bits per heavy atom. The van der Waals surface area contributed by atoms with Gasteiger partial charge in [0.2, 0.25) is 0 Å². The summed E-state index contributed by atoms with van der Waals surface area (Å²) >= 11 is 0. The number of aliphatic hydroxyl groups excluding tert-OH is 1. The quantitative estimate of drug-likeness (QED) is 0.771. The highest BCUT2D eigenvalue weighted by atomic mass is 16.3. The molecule has 92 valence electrons. The van der Waals surface area contributed by atoms with Crippen molar-refractivity contribution in [2.45, 2.75) is 32.1 Å². The van der Waals surface area contributed by atoms with Crippen LogP contribution in [0.15, 0.2) is 0 Å². The lowest BCUT2D eigenvalue weighted by Gasteiger charge is -2.31. The first-order valence-electron chi connectivity index (χ1n) is 6.46. The van der Waals surface area contributed by atoms with E-state index in [0.717, 1.165) is 51.9 Å². The molecule has 16 heavy (non-hydrogen) atoms. The number of hydrogen-bond acceptors (Lipinski definition) is 2. The Morgan fingerprint density at radius 2 is 1.88 bits per heavy atom. The van der Waals surface area contributed by atoms with Gasteiger partial charge in [0.15, 0.2) is 0 Å². The Hall–Kier alpha value is -0.770. The largest absolute Gasteiger partial charge is 0.396 e. The molecule has 1 N–H and O–H groups in total. The minimum atomic E-state index is 0.222. The minimum absolute atomic E-state index is 0.222. The third kappa shape index (κ3) is 2.67. The summed E-state index contributed by atoms with van der Waals surface area (Å²) in [4.78, 5) is 16.1. The maximum atomic E-state index is 12.1. The fraction of sp³-hybridized carbons (Fsp3) is 0.917. The lowest BCUT2D eigenvalue weighted by atomic mass is 10.1. The topological polar surface area (TPSA) is 43.8 Å². The molecule has 2 fully saturated rings. The molecule has 2 heterocycles. The molecule has 0 bridgehead atoms. The molecule has 2 saturated heterocycles. The lowest BCUT2D eigenvalue weighted by molar-refractivity contribution is 0.150. The van der Waals surface area contributed by atoms with E-state index in [4.69, 9.17) is 5.11 Å². The molecule has 2 aliphatic heterocycles. The third-order valence-corrected chi connectivity index (χ3v) is 3.72. The van der Waals surface area contributed by atoms with E-state index in [0.29, 0.717) is 5.92 Å². The number of hydrogen-bond donors (Lipinski definition) is 1. The van der Waals surface area contributed by atoms with Crippen molar-refractivity contribution in [3.05, 3.63) is 0 Å². The zero-order valence-corrected chi connectivity index (χ0v) is 9.90. The smallest absolute Gasteiger partial charge is 0.320 e. The van der Waals surface area contributed by atoms with Crippen molar-refractivity contribution in [3.8, 4) is 0 Å². The van der Waals surface area contributed by atoms with Crippen LogP contribution in [0.4, 0.5) is 4.79 Å². The van der Waals surface area contributed by atoms with Gasteiger partial charge in [-0.15, -0.1) is 0 Å². The molecule has 0 aromatic carbocycles. The second kappa shape index (κ2) is 5.53. The summed E-state index contributed by atoms with van der Waals surface area (Å²) < 4.78 is 0. The second-order valence-corrected chi connectivity index (χ2v) is 4.94. The van der Waals surface area contributed by atoms with E-state index in [1.807, 2.05) is 9.80 Å². The van der Waals surface area contributed by atoms with Gasteiger partial charge in [0.05, 0.1) is 0 Å². The molecular weight excluding hydrogens is 204 g/mol. The molecule has 0 radical (unpaired) electrons. The molecule has 2 aliphatic rings. The van der Waals surface area contributed by atoms with Gasteiger partial charge in [0.1, 0.15) is 0 Å². The van der Waals surface area contributed by atoms with Crippen molar-refractivity contribution in [2.24, 2.45) is 5.92 Å². The van der Waals surface area contributed by atoms with Crippen LogP contribution in [0.1, 0.15) is 32.1 Å². The van der Waals surface area contributed by atoms with E-state index in [-0.39, 0.29) is 12.6 Å². The van der Waals surface area contributed by atoms with Gasteiger partial charge >= 0.3 is 6.03 Å². The number of carbonyl (C=O) groups is 1. The predicted molar refractivity (Wildman–Crippen MR) is 62.2 cm³/mol. The molecule has 0 aromatic heterocycles. The maximum Gasteiger partial charge on any atom is 0.320 e. The van der Waals surface area contributed by atoms with E-state index in [1.165, 1.54) is 6.42 Å². The van der Waals surface area contributed by atoms with Crippen LogP contribution < -0.4 is 0 Å². The van der Waals surface area contributed by atoms with Gasteiger partial charge in [-0.25, -0.2) is 4.79 Å². The molecule has 1 unspecified atom stereocenters. The Morgan fingerprint density at radius 3 is 2.56 bits per heavy atom. The minimum Gasteiger partial charge on any atom is -0.396 e. The van der Waals surface area contributed by atoms with Crippen LogP contribution in [0, 0.1) is 5.92 Å². The molecule has 0 saturated carbocycles. The Balaban J connectivity index is 1.81.